The van der Waals surface area contributed by atoms with Gasteiger partial charge in [0.15, 0.2) is 0 Å². The molecule has 62 heavy (non-hydrogen) atoms. The summed E-state index contributed by atoms with van der Waals surface area (Å²) in [6, 6.07) is 64.7. The number of nitrogens with zero attached hydrogens (tertiary/aromatic N) is 2. The molecule has 12 aromatic rings. The Kier molecular flexibility index (Phi) is 8.63. The molecule has 10 aromatic carbocycles. The highest BCUT2D eigenvalue weighted by Gasteiger charge is 2.26. The predicted octanol–water partition coefficient (Wildman–Crippen LogP) is 16.6. The molecule has 0 amide bonds. The molecule has 0 aliphatic heterocycles. The number of fused-ring (bicyclic) bond motifs is 5. The molecule has 2 aromatic heterocycles. The van der Waals surface area contributed by atoms with E-state index in [0.29, 0.717) is 0 Å². The highest BCUT2D eigenvalue weighted by atomic mass is 32.1. The van der Waals surface area contributed by atoms with Gasteiger partial charge in [-0.05, 0) is 125 Å². The second kappa shape index (κ2) is 14.7. The number of hydrogen-bond acceptors (Lipinski definition) is 4. The molecular formula is C56H32F2N2S2. The number of para-hydroxylation sites is 2. The Morgan fingerprint density at radius 3 is 0.887 bits per heavy atom. The molecule has 0 fully saturated rings. The van der Waals surface area contributed by atoms with Crippen molar-refractivity contribution in [2.75, 3.05) is 0 Å². The third kappa shape index (κ3) is 6.02. The molecule has 2 nitrogen and oxygen atoms in total. The average molecular weight is 835 g/mol. The number of rotatable bonds is 6. The van der Waals surface area contributed by atoms with Gasteiger partial charge in [0.2, 0.25) is 0 Å². The van der Waals surface area contributed by atoms with Crippen molar-refractivity contribution in [3.05, 3.63) is 206 Å². The molecule has 292 valence electrons. The molecule has 12 rings (SSSR count). The first kappa shape index (κ1) is 36.5. The van der Waals surface area contributed by atoms with Gasteiger partial charge in [-0.1, -0.05) is 146 Å². The van der Waals surface area contributed by atoms with E-state index in [-0.39, 0.29) is 11.6 Å². The zero-order chi connectivity index (χ0) is 41.3. The normalized spacial score (nSPS) is 11.7. The second-order valence-corrected chi connectivity index (χ2v) is 17.5. The van der Waals surface area contributed by atoms with Crippen LogP contribution in [0.15, 0.2) is 194 Å². The Hall–Kier alpha value is -7.38. The summed E-state index contributed by atoms with van der Waals surface area (Å²) < 4.78 is 31.9. The zero-order valence-electron chi connectivity index (χ0n) is 32.9. The van der Waals surface area contributed by atoms with Crippen LogP contribution in [0.5, 0.6) is 0 Å². The monoisotopic (exact) mass is 834 g/mol. The minimum Gasteiger partial charge on any atom is -0.236 e. The maximum absolute atomic E-state index is 14.8. The molecule has 0 saturated heterocycles. The molecule has 0 bridgehead atoms. The van der Waals surface area contributed by atoms with E-state index in [1.807, 2.05) is 48.5 Å². The molecule has 0 spiro atoms. The molecule has 0 atom stereocenters. The van der Waals surface area contributed by atoms with Crippen molar-refractivity contribution < 1.29 is 8.78 Å². The minimum atomic E-state index is -0.296. The van der Waals surface area contributed by atoms with Crippen molar-refractivity contribution in [3.8, 4) is 65.6 Å². The maximum Gasteiger partial charge on any atom is 0.124 e. The number of aromatic nitrogens is 2. The summed E-state index contributed by atoms with van der Waals surface area (Å²) in [6.07, 6.45) is 0. The third-order valence-electron chi connectivity index (χ3n) is 11.9. The summed E-state index contributed by atoms with van der Waals surface area (Å²) in [5.74, 6) is -0.592. The molecule has 0 saturated carbocycles. The van der Waals surface area contributed by atoms with Crippen molar-refractivity contribution in [3.63, 3.8) is 0 Å². The number of benzene rings is 10. The van der Waals surface area contributed by atoms with Crippen LogP contribution in [-0.4, -0.2) is 9.97 Å². The first-order valence-electron chi connectivity index (χ1n) is 20.4. The molecule has 0 aliphatic rings. The quantitative estimate of drug-likeness (QED) is 0.156. The van der Waals surface area contributed by atoms with Gasteiger partial charge in [-0.15, -0.1) is 22.7 Å². The topological polar surface area (TPSA) is 25.8 Å². The number of hydrogen-bond donors (Lipinski definition) is 0. The summed E-state index contributed by atoms with van der Waals surface area (Å²) in [6.45, 7) is 0. The summed E-state index contributed by atoms with van der Waals surface area (Å²) in [5, 5.41) is 8.21. The van der Waals surface area contributed by atoms with Crippen LogP contribution in [0.3, 0.4) is 0 Å². The Balaban J connectivity index is 1.22. The molecule has 0 unspecified atom stereocenters. The standard InChI is InChI=1S/C56H32F2N2S2/c57-39-29-25-35(26-30-39)51-43-11-3-4-12-44(43)52(36-27-31-40(58)32-28-36)54-50(34-19-23-38(24-20-34)56-60-46-14-6-8-16-48(46)62-56)42-10-2-1-9-41(42)49(53(51)54)33-17-21-37(22-18-33)55-59-45-13-5-7-15-47(45)61-55/h1-32H. The van der Waals surface area contributed by atoms with Gasteiger partial charge >= 0.3 is 0 Å². The Bertz CT molecular complexity index is 3370. The van der Waals surface area contributed by atoms with Crippen LogP contribution in [0.1, 0.15) is 0 Å². The van der Waals surface area contributed by atoms with Gasteiger partial charge in [0.1, 0.15) is 21.6 Å². The Morgan fingerprint density at radius 2 is 0.565 bits per heavy atom. The fourth-order valence-electron chi connectivity index (χ4n) is 9.11. The minimum absolute atomic E-state index is 0.296. The van der Waals surface area contributed by atoms with Crippen LogP contribution in [0.4, 0.5) is 8.78 Å². The van der Waals surface area contributed by atoms with E-state index < -0.39 is 0 Å². The van der Waals surface area contributed by atoms with Gasteiger partial charge in [-0.2, -0.15) is 0 Å². The van der Waals surface area contributed by atoms with Crippen LogP contribution in [-0.2, 0) is 0 Å². The van der Waals surface area contributed by atoms with Crippen molar-refractivity contribution in [2.24, 2.45) is 0 Å². The van der Waals surface area contributed by atoms with Crippen molar-refractivity contribution in [2.45, 2.75) is 0 Å². The second-order valence-electron chi connectivity index (χ2n) is 15.5. The maximum atomic E-state index is 14.8. The van der Waals surface area contributed by atoms with E-state index in [0.717, 1.165) is 118 Å². The lowest BCUT2D eigenvalue weighted by atomic mass is 9.77. The van der Waals surface area contributed by atoms with Gasteiger partial charge in [0.25, 0.3) is 0 Å². The number of halogens is 2. The first-order chi connectivity index (χ1) is 30.6. The smallest absolute Gasteiger partial charge is 0.124 e. The fourth-order valence-corrected chi connectivity index (χ4v) is 11.1. The summed E-state index contributed by atoms with van der Waals surface area (Å²) >= 11 is 3.38. The predicted molar refractivity (Wildman–Crippen MR) is 258 cm³/mol. The van der Waals surface area contributed by atoms with E-state index in [1.165, 1.54) is 0 Å². The molecule has 0 aliphatic carbocycles. The largest absolute Gasteiger partial charge is 0.236 e. The van der Waals surface area contributed by atoms with E-state index in [9.17, 15) is 8.78 Å². The lowest BCUT2D eigenvalue weighted by molar-refractivity contribution is 0.627. The van der Waals surface area contributed by atoms with E-state index in [1.54, 1.807) is 46.9 Å². The van der Waals surface area contributed by atoms with Gasteiger partial charge < -0.3 is 0 Å². The van der Waals surface area contributed by atoms with Crippen LogP contribution >= 0.6 is 22.7 Å². The third-order valence-corrected chi connectivity index (χ3v) is 14.0. The van der Waals surface area contributed by atoms with Gasteiger partial charge in [0.05, 0.1) is 20.4 Å². The fraction of sp³-hybridized carbons (Fsp3) is 0. The molecule has 0 radical (unpaired) electrons. The summed E-state index contributed by atoms with van der Waals surface area (Å²) in [5.41, 5.74) is 12.1. The Morgan fingerprint density at radius 1 is 0.290 bits per heavy atom. The lowest BCUT2D eigenvalue weighted by Gasteiger charge is -2.25. The zero-order valence-corrected chi connectivity index (χ0v) is 34.6. The van der Waals surface area contributed by atoms with Crippen molar-refractivity contribution in [1.29, 1.82) is 0 Å². The van der Waals surface area contributed by atoms with Crippen LogP contribution in [0.2, 0.25) is 0 Å². The highest BCUT2D eigenvalue weighted by molar-refractivity contribution is 7.22. The molecule has 0 N–H and O–H groups in total. The van der Waals surface area contributed by atoms with Gasteiger partial charge in [-0.3, -0.25) is 0 Å². The van der Waals surface area contributed by atoms with Crippen LogP contribution in [0, 0.1) is 11.6 Å². The van der Waals surface area contributed by atoms with Gasteiger partial charge in [0, 0.05) is 11.1 Å². The van der Waals surface area contributed by atoms with E-state index in [2.05, 4.69) is 121 Å². The van der Waals surface area contributed by atoms with Crippen molar-refractivity contribution >= 4 is 75.4 Å². The van der Waals surface area contributed by atoms with Gasteiger partial charge in [-0.25, -0.2) is 18.7 Å². The summed E-state index contributed by atoms with van der Waals surface area (Å²) in [7, 11) is 0. The highest BCUT2D eigenvalue weighted by Crippen LogP contribution is 2.54. The molecule has 2 heterocycles. The van der Waals surface area contributed by atoms with E-state index >= 15 is 0 Å². The Labute approximate surface area is 363 Å². The molecular weight excluding hydrogens is 803 g/mol. The van der Waals surface area contributed by atoms with Crippen LogP contribution in [0.25, 0.3) is 118 Å². The van der Waals surface area contributed by atoms with Crippen molar-refractivity contribution in [1.82, 2.24) is 9.97 Å². The first-order valence-corrected chi connectivity index (χ1v) is 22.1. The van der Waals surface area contributed by atoms with E-state index in [4.69, 9.17) is 9.97 Å². The number of thiazole rings is 2. The lowest BCUT2D eigenvalue weighted by Crippen LogP contribution is -1.98. The molecule has 6 heteroatoms. The van der Waals surface area contributed by atoms with Crippen LogP contribution < -0.4 is 0 Å². The SMILES string of the molecule is Fc1ccc(-c2c3ccccc3c(-c3ccc(F)cc3)c3c(-c4ccc(-c5nc6ccccc6s5)cc4)c4ccccc4c(-c4ccc(-c5nc6ccccc6s5)cc4)c23)cc1. The average Bonchev–Trinajstić information content (AvgIpc) is 3.96. The summed E-state index contributed by atoms with van der Waals surface area (Å²) in [4.78, 5) is 9.94.